The fourth-order valence-corrected chi connectivity index (χ4v) is 3.53. The number of hydrogen-bond donors (Lipinski definition) is 3. The Morgan fingerprint density at radius 2 is 1.67 bits per heavy atom. The monoisotopic (exact) mass is 466 g/mol. The van der Waals surface area contributed by atoms with Crippen molar-refractivity contribution in [2.45, 2.75) is 38.3 Å². The second kappa shape index (κ2) is 12.8. The smallest absolute Gasteiger partial charge is 0.490 e. The largest absolute Gasteiger partial charge is 0.492 e. The molecule has 2 aromatic carbocycles. The average molecular weight is 467 g/mol. The average Bonchev–Trinajstić information content (AvgIpc) is 2.80. The molecule has 33 heavy (non-hydrogen) atoms. The van der Waals surface area contributed by atoms with Gasteiger partial charge in [0.15, 0.2) is 0 Å². The van der Waals surface area contributed by atoms with Gasteiger partial charge in [-0.05, 0) is 60.7 Å². The predicted molar refractivity (Wildman–Crippen MR) is 119 cm³/mol. The Morgan fingerprint density at radius 3 is 2.24 bits per heavy atom. The Hall–Kier alpha value is -3.07. The zero-order valence-corrected chi connectivity index (χ0v) is 18.2. The Bertz CT molecular complexity index is 895. The lowest BCUT2D eigenvalue weighted by atomic mass is 9.89. The maximum atomic E-state index is 11.3. The Labute approximate surface area is 190 Å². The summed E-state index contributed by atoms with van der Waals surface area (Å²) in [5.41, 5.74) is 7.88. The van der Waals surface area contributed by atoms with Gasteiger partial charge in [-0.3, -0.25) is 4.79 Å². The number of carbonyl (C=O) groups is 2. The zero-order chi connectivity index (χ0) is 24.3. The van der Waals surface area contributed by atoms with Crippen LogP contribution in [0.3, 0.4) is 0 Å². The summed E-state index contributed by atoms with van der Waals surface area (Å²) in [7, 11) is 0. The highest BCUT2D eigenvalue weighted by Crippen LogP contribution is 2.24. The normalized spacial score (nSPS) is 14.2. The van der Waals surface area contributed by atoms with E-state index in [0.717, 1.165) is 35.9 Å². The number of nitrogens with two attached hydrogens (primary N) is 1. The molecule has 2 aromatic rings. The number of halogens is 3. The summed E-state index contributed by atoms with van der Waals surface area (Å²) < 4.78 is 37.5. The van der Waals surface area contributed by atoms with Crippen LogP contribution in [-0.4, -0.2) is 42.9 Å². The van der Waals surface area contributed by atoms with Gasteiger partial charge in [0.2, 0.25) is 5.91 Å². The third-order valence-corrected chi connectivity index (χ3v) is 5.28. The van der Waals surface area contributed by atoms with E-state index in [1.807, 2.05) is 42.5 Å². The second-order valence-electron chi connectivity index (χ2n) is 7.83. The van der Waals surface area contributed by atoms with Gasteiger partial charge in [-0.15, -0.1) is 0 Å². The van der Waals surface area contributed by atoms with E-state index < -0.39 is 18.1 Å². The lowest BCUT2D eigenvalue weighted by molar-refractivity contribution is -0.192. The minimum Gasteiger partial charge on any atom is -0.492 e. The van der Waals surface area contributed by atoms with Crippen molar-refractivity contribution < 1.29 is 32.6 Å². The molecule has 3 rings (SSSR count). The number of aliphatic carboxylic acids is 1. The van der Waals surface area contributed by atoms with Crippen LogP contribution in [0.5, 0.6) is 5.75 Å². The van der Waals surface area contributed by atoms with Crippen LogP contribution in [0.25, 0.3) is 11.1 Å². The number of primary amides is 1. The van der Waals surface area contributed by atoms with E-state index in [-0.39, 0.29) is 0 Å². The number of carboxylic acid groups (broad SMARTS) is 1. The maximum absolute atomic E-state index is 11.3. The molecular formula is C24H29F3N2O4. The number of carbonyl (C=O) groups excluding carboxylic acids is 1. The molecule has 0 atom stereocenters. The molecule has 1 aliphatic carbocycles. The van der Waals surface area contributed by atoms with Crippen LogP contribution in [0.1, 0.15) is 42.5 Å². The summed E-state index contributed by atoms with van der Waals surface area (Å²) in [6, 6.07) is 15.3. The van der Waals surface area contributed by atoms with Crippen molar-refractivity contribution in [2.24, 2.45) is 11.7 Å². The van der Waals surface area contributed by atoms with E-state index in [1.54, 1.807) is 6.07 Å². The lowest BCUT2D eigenvalue weighted by Gasteiger charge is -2.21. The number of alkyl halides is 3. The van der Waals surface area contributed by atoms with Crippen molar-refractivity contribution in [1.29, 1.82) is 0 Å². The van der Waals surface area contributed by atoms with Gasteiger partial charge in [-0.2, -0.15) is 13.2 Å². The number of nitrogens with one attached hydrogen (secondary N) is 1. The van der Waals surface area contributed by atoms with Crippen LogP contribution < -0.4 is 15.8 Å². The fraction of sp³-hybridized carbons (Fsp3) is 0.417. The maximum Gasteiger partial charge on any atom is 0.490 e. The van der Waals surface area contributed by atoms with Crippen LogP contribution in [-0.2, 0) is 4.79 Å². The Morgan fingerprint density at radius 1 is 1.03 bits per heavy atom. The van der Waals surface area contributed by atoms with Gasteiger partial charge in [0.25, 0.3) is 0 Å². The number of ether oxygens (including phenoxy) is 1. The summed E-state index contributed by atoms with van der Waals surface area (Å²) in [5.74, 6) is -1.46. The Balaban J connectivity index is 0.000000479. The molecule has 0 heterocycles. The first kappa shape index (κ1) is 26.2. The van der Waals surface area contributed by atoms with Crippen LogP contribution in [0.2, 0.25) is 0 Å². The van der Waals surface area contributed by atoms with Crippen molar-refractivity contribution in [1.82, 2.24) is 5.32 Å². The summed E-state index contributed by atoms with van der Waals surface area (Å²) in [4.78, 5) is 20.2. The number of hydrogen-bond acceptors (Lipinski definition) is 4. The van der Waals surface area contributed by atoms with E-state index >= 15 is 0 Å². The molecular weight excluding hydrogens is 437 g/mol. The molecule has 1 saturated carbocycles. The van der Waals surface area contributed by atoms with Crippen molar-refractivity contribution in [3.05, 3.63) is 54.1 Å². The minimum atomic E-state index is -5.08. The molecule has 1 aliphatic rings. The number of benzene rings is 2. The van der Waals surface area contributed by atoms with Gasteiger partial charge in [0.05, 0.1) is 0 Å². The molecule has 0 saturated heterocycles. The predicted octanol–water partition coefficient (Wildman–Crippen LogP) is 4.63. The van der Waals surface area contributed by atoms with Gasteiger partial charge in [0, 0.05) is 12.1 Å². The molecule has 0 aliphatic heterocycles. The molecule has 1 amide bonds. The third kappa shape index (κ3) is 9.53. The van der Waals surface area contributed by atoms with E-state index in [0.29, 0.717) is 12.2 Å². The van der Waals surface area contributed by atoms with E-state index in [9.17, 15) is 18.0 Å². The molecule has 9 heteroatoms. The molecule has 0 spiro atoms. The first-order chi connectivity index (χ1) is 15.7. The summed E-state index contributed by atoms with van der Waals surface area (Å²) >= 11 is 0. The van der Waals surface area contributed by atoms with Crippen LogP contribution in [0.15, 0.2) is 48.5 Å². The highest BCUT2D eigenvalue weighted by molar-refractivity contribution is 5.94. The van der Waals surface area contributed by atoms with Gasteiger partial charge in [-0.25, -0.2) is 4.79 Å². The van der Waals surface area contributed by atoms with Gasteiger partial charge >= 0.3 is 12.1 Å². The first-order valence-electron chi connectivity index (χ1n) is 10.8. The topological polar surface area (TPSA) is 102 Å². The van der Waals surface area contributed by atoms with Crippen molar-refractivity contribution in [3.63, 3.8) is 0 Å². The van der Waals surface area contributed by atoms with Crippen molar-refractivity contribution in [3.8, 4) is 16.9 Å². The zero-order valence-electron chi connectivity index (χ0n) is 18.2. The first-order valence-corrected chi connectivity index (χ1v) is 10.8. The van der Waals surface area contributed by atoms with E-state index in [4.69, 9.17) is 20.4 Å². The van der Waals surface area contributed by atoms with Gasteiger partial charge in [0.1, 0.15) is 12.4 Å². The lowest BCUT2D eigenvalue weighted by Crippen LogP contribution is -2.28. The molecule has 0 radical (unpaired) electrons. The molecule has 0 unspecified atom stereocenters. The molecule has 0 aromatic heterocycles. The van der Waals surface area contributed by atoms with Crippen LogP contribution in [0.4, 0.5) is 13.2 Å². The molecule has 6 nitrogen and oxygen atoms in total. The van der Waals surface area contributed by atoms with Crippen molar-refractivity contribution in [2.75, 3.05) is 19.7 Å². The highest BCUT2D eigenvalue weighted by atomic mass is 19.4. The van der Waals surface area contributed by atoms with Crippen LogP contribution >= 0.6 is 0 Å². The molecule has 180 valence electrons. The molecule has 1 fully saturated rings. The van der Waals surface area contributed by atoms with Crippen LogP contribution in [0, 0.1) is 5.92 Å². The fourth-order valence-electron chi connectivity index (χ4n) is 3.53. The second-order valence-corrected chi connectivity index (χ2v) is 7.83. The van der Waals surface area contributed by atoms with Crippen molar-refractivity contribution >= 4 is 11.9 Å². The number of carboxylic acids is 1. The standard InChI is InChI=1S/C22H28N2O2.C2HF3O2/c23-22(25)20-8-4-7-19(15-20)18-9-11-21(12-10-18)26-14-13-24-16-17-5-2-1-3-6-17;3-2(4,5)1(6)7/h4,7-12,15,17,24H,1-3,5-6,13-14,16H2,(H2,23,25);(H,6,7). The van der Waals surface area contributed by atoms with Gasteiger partial charge in [-0.1, -0.05) is 43.5 Å². The van der Waals surface area contributed by atoms with E-state index in [1.165, 1.54) is 32.1 Å². The van der Waals surface area contributed by atoms with Gasteiger partial charge < -0.3 is 20.9 Å². The third-order valence-electron chi connectivity index (χ3n) is 5.28. The van der Waals surface area contributed by atoms with E-state index in [2.05, 4.69) is 5.32 Å². The number of amides is 1. The SMILES string of the molecule is NC(=O)c1cccc(-c2ccc(OCCNCC3CCCCC3)cc2)c1.O=C(O)C(F)(F)F. The quantitative estimate of drug-likeness (QED) is 0.492. The summed E-state index contributed by atoms with van der Waals surface area (Å²) in [6.07, 6.45) is 1.83. The molecule has 0 bridgehead atoms. The summed E-state index contributed by atoms with van der Waals surface area (Å²) in [5, 5.41) is 10.6. The summed E-state index contributed by atoms with van der Waals surface area (Å²) in [6.45, 7) is 2.65. The highest BCUT2D eigenvalue weighted by Gasteiger charge is 2.38. The number of rotatable bonds is 8. The molecule has 4 N–H and O–H groups in total. The Kier molecular flexibility index (Phi) is 10.2. The minimum absolute atomic E-state index is 0.410.